The predicted octanol–water partition coefficient (Wildman–Crippen LogP) is 3.21. The summed E-state index contributed by atoms with van der Waals surface area (Å²) in [5.41, 5.74) is 7.50. The summed E-state index contributed by atoms with van der Waals surface area (Å²) in [5, 5.41) is 3.44. The molecule has 3 nitrogen and oxygen atoms in total. The van der Waals surface area contributed by atoms with E-state index < -0.39 is 0 Å². The van der Waals surface area contributed by atoms with E-state index >= 15 is 0 Å². The second kappa shape index (κ2) is 5.73. The summed E-state index contributed by atoms with van der Waals surface area (Å²) in [6.07, 6.45) is 4.09. The van der Waals surface area contributed by atoms with Gasteiger partial charge in [-0.05, 0) is 37.8 Å². The Kier molecular flexibility index (Phi) is 4.59. The lowest BCUT2D eigenvalue weighted by molar-refractivity contribution is 0.483. The van der Waals surface area contributed by atoms with Crippen LogP contribution in [-0.2, 0) is 0 Å². The van der Waals surface area contributed by atoms with Gasteiger partial charge < -0.3 is 11.1 Å². The summed E-state index contributed by atoms with van der Waals surface area (Å²) in [4.78, 5) is 4.31. The topological polar surface area (TPSA) is 50.9 Å². The van der Waals surface area contributed by atoms with Crippen molar-refractivity contribution in [2.45, 2.75) is 46.6 Å². The number of aryl methyl sites for hydroxylation is 1. The largest absolute Gasteiger partial charge is 0.397 e. The lowest BCUT2D eigenvalue weighted by Gasteiger charge is -2.19. The highest BCUT2D eigenvalue weighted by Gasteiger charge is 2.09. The van der Waals surface area contributed by atoms with E-state index in [4.69, 9.17) is 5.73 Å². The van der Waals surface area contributed by atoms with Gasteiger partial charge in [0.2, 0.25) is 0 Å². The number of anilines is 2. The number of hydrogen-bond acceptors (Lipinski definition) is 3. The van der Waals surface area contributed by atoms with Crippen LogP contribution in [0.5, 0.6) is 0 Å². The Morgan fingerprint density at radius 1 is 1.44 bits per heavy atom. The van der Waals surface area contributed by atoms with Crippen molar-refractivity contribution < 1.29 is 0 Å². The van der Waals surface area contributed by atoms with E-state index in [1.54, 1.807) is 6.20 Å². The molecule has 3 heteroatoms. The molecule has 16 heavy (non-hydrogen) atoms. The van der Waals surface area contributed by atoms with Gasteiger partial charge in [0, 0.05) is 6.04 Å². The first-order valence-electron chi connectivity index (χ1n) is 6.01. The van der Waals surface area contributed by atoms with Gasteiger partial charge in [-0.2, -0.15) is 0 Å². The Morgan fingerprint density at radius 2 is 2.12 bits per heavy atom. The number of nitrogens with zero attached hydrogens (tertiary/aromatic N) is 1. The molecular weight excluding hydrogens is 198 g/mol. The first kappa shape index (κ1) is 12.8. The van der Waals surface area contributed by atoms with Crippen molar-refractivity contribution in [1.29, 1.82) is 0 Å². The zero-order chi connectivity index (χ0) is 12.1. The van der Waals surface area contributed by atoms with E-state index in [1.165, 1.54) is 12.8 Å². The summed E-state index contributed by atoms with van der Waals surface area (Å²) >= 11 is 0. The molecule has 1 aromatic heterocycles. The quantitative estimate of drug-likeness (QED) is 0.802. The molecule has 1 rings (SSSR count). The number of rotatable bonds is 5. The minimum Gasteiger partial charge on any atom is -0.397 e. The fourth-order valence-corrected chi connectivity index (χ4v) is 1.81. The fraction of sp³-hybridized carbons (Fsp3) is 0.615. The minimum atomic E-state index is 0.449. The van der Waals surface area contributed by atoms with Gasteiger partial charge in [-0.15, -0.1) is 0 Å². The van der Waals surface area contributed by atoms with Crippen molar-refractivity contribution in [3.05, 3.63) is 17.8 Å². The molecule has 0 aromatic carbocycles. The zero-order valence-electron chi connectivity index (χ0n) is 10.7. The van der Waals surface area contributed by atoms with Gasteiger partial charge in [-0.25, -0.2) is 4.98 Å². The van der Waals surface area contributed by atoms with Crippen LogP contribution in [-0.4, -0.2) is 11.0 Å². The number of nitrogens with one attached hydrogen (secondary N) is 1. The van der Waals surface area contributed by atoms with Gasteiger partial charge in [-0.3, -0.25) is 0 Å². The van der Waals surface area contributed by atoms with Crippen LogP contribution in [0.15, 0.2) is 12.3 Å². The van der Waals surface area contributed by atoms with E-state index in [2.05, 4.69) is 31.1 Å². The molecule has 0 fully saturated rings. The first-order valence-corrected chi connectivity index (χ1v) is 6.01. The Bertz CT molecular complexity index is 336. The lowest BCUT2D eigenvalue weighted by Crippen LogP contribution is -2.19. The maximum absolute atomic E-state index is 5.67. The number of nitrogen functional groups attached to an aromatic ring is 1. The van der Waals surface area contributed by atoms with E-state index in [0.717, 1.165) is 23.0 Å². The van der Waals surface area contributed by atoms with E-state index in [0.29, 0.717) is 6.04 Å². The van der Waals surface area contributed by atoms with Crippen LogP contribution in [0.4, 0.5) is 11.5 Å². The normalized spacial score (nSPS) is 14.5. The third-order valence-electron chi connectivity index (χ3n) is 2.94. The van der Waals surface area contributed by atoms with Crippen LogP contribution in [0.25, 0.3) is 0 Å². The summed E-state index contributed by atoms with van der Waals surface area (Å²) in [5.74, 6) is 1.70. The molecule has 0 amide bonds. The van der Waals surface area contributed by atoms with Gasteiger partial charge in [0.05, 0.1) is 11.9 Å². The van der Waals surface area contributed by atoms with Crippen LogP contribution in [0, 0.1) is 12.8 Å². The second-order valence-electron chi connectivity index (χ2n) is 4.73. The monoisotopic (exact) mass is 221 g/mol. The summed E-state index contributed by atoms with van der Waals surface area (Å²) in [6.45, 7) is 8.73. The SMILES string of the molecule is CCC(C)CC(C)Nc1ncc(N)cc1C. The molecule has 3 N–H and O–H groups in total. The van der Waals surface area contributed by atoms with Crippen molar-refractivity contribution >= 4 is 11.5 Å². The molecule has 0 spiro atoms. The molecule has 90 valence electrons. The van der Waals surface area contributed by atoms with Crippen LogP contribution in [0.1, 0.15) is 39.2 Å². The smallest absolute Gasteiger partial charge is 0.129 e. The maximum Gasteiger partial charge on any atom is 0.129 e. The standard InChI is InChI=1S/C13H23N3/c1-5-9(2)6-11(4)16-13-10(3)7-12(14)8-15-13/h7-9,11H,5-6,14H2,1-4H3,(H,15,16). The summed E-state index contributed by atoms with van der Waals surface area (Å²) in [7, 11) is 0. The Hall–Kier alpha value is -1.25. The van der Waals surface area contributed by atoms with E-state index in [1.807, 2.05) is 13.0 Å². The van der Waals surface area contributed by atoms with Crippen LogP contribution in [0.3, 0.4) is 0 Å². The van der Waals surface area contributed by atoms with Gasteiger partial charge in [0.15, 0.2) is 0 Å². The molecule has 0 saturated heterocycles. The molecule has 0 radical (unpaired) electrons. The number of hydrogen-bond donors (Lipinski definition) is 2. The molecule has 1 aromatic rings. The van der Waals surface area contributed by atoms with Gasteiger partial charge >= 0.3 is 0 Å². The zero-order valence-corrected chi connectivity index (χ0v) is 10.7. The molecule has 0 saturated carbocycles. The number of nitrogens with two attached hydrogens (primary N) is 1. The summed E-state index contributed by atoms with van der Waals surface area (Å²) < 4.78 is 0. The third-order valence-corrected chi connectivity index (χ3v) is 2.94. The van der Waals surface area contributed by atoms with Crippen molar-refractivity contribution in [2.75, 3.05) is 11.1 Å². The predicted molar refractivity (Wildman–Crippen MR) is 70.5 cm³/mol. The van der Waals surface area contributed by atoms with Crippen molar-refractivity contribution in [2.24, 2.45) is 5.92 Å². The van der Waals surface area contributed by atoms with Gasteiger partial charge in [0.1, 0.15) is 5.82 Å². The average molecular weight is 221 g/mol. The second-order valence-corrected chi connectivity index (χ2v) is 4.73. The average Bonchev–Trinajstić information content (AvgIpc) is 2.22. The molecular formula is C13H23N3. The lowest BCUT2D eigenvalue weighted by atomic mass is 10.0. The van der Waals surface area contributed by atoms with Crippen LogP contribution < -0.4 is 11.1 Å². The Morgan fingerprint density at radius 3 is 2.69 bits per heavy atom. The van der Waals surface area contributed by atoms with E-state index in [9.17, 15) is 0 Å². The summed E-state index contributed by atoms with van der Waals surface area (Å²) in [6, 6.07) is 2.40. The first-order chi connectivity index (χ1) is 7.52. The Balaban J connectivity index is 2.59. The molecule has 0 bridgehead atoms. The maximum atomic E-state index is 5.67. The molecule has 0 aliphatic carbocycles. The molecule has 1 heterocycles. The van der Waals surface area contributed by atoms with Crippen molar-refractivity contribution in [3.8, 4) is 0 Å². The van der Waals surface area contributed by atoms with Gasteiger partial charge in [-0.1, -0.05) is 20.3 Å². The molecule has 2 atom stereocenters. The van der Waals surface area contributed by atoms with Gasteiger partial charge in [0.25, 0.3) is 0 Å². The fourth-order valence-electron chi connectivity index (χ4n) is 1.81. The van der Waals surface area contributed by atoms with Crippen LogP contribution in [0.2, 0.25) is 0 Å². The number of aromatic nitrogens is 1. The van der Waals surface area contributed by atoms with Crippen molar-refractivity contribution in [3.63, 3.8) is 0 Å². The highest BCUT2D eigenvalue weighted by molar-refractivity contribution is 5.51. The third kappa shape index (κ3) is 3.72. The highest BCUT2D eigenvalue weighted by Crippen LogP contribution is 2.17. The van der Waals surface area contributed by atoms with E-state index in [-0.39, 0.29) is 0 Å². The molecule has 2 unspecified atom stereocenters. The number of pyridine rings is 1. The van der Waals surface area contributed by atoms with Crippen LogP contribution >= 0.6 is 0 Å². The molecule has 0 aliphatic heterocycles. The Labute approximate surface area is 98.5 Å². The highest BCUT2D eigenvalue weighted by atomic mass is 15.0. The minimum absolute atomic E-state index is 0.449. The molecule has 0 aliphatic rings. The van der Waals surface area contributed by atoms with Crippen molar-refractivity contribution in [1.82, 2.24) is 4.98 Å².